The van der Waals surface area contributed by atoms with Gasteiger partial charge in [0.05, 0.1) is 17.7 Å². The summed E-state index contributed by atoms with van der Waals surface area (Å²) in [7, 11) is 0. The van der Waals surface area contributed by atoms with E-state index in [9.17, 15) is 10.2 Å². The highest BCUT2D eigenvalue weighted by Crippen LogP contribution is 2.27. The van der Waals surface area contributed by atoms with Gasteiger partial charge in [0, 0.05) is 3.57 Å². The van der Waals surface area contributed by atoms with Crippen molar-refractivity contribution in [3.8, 4) is 0 Å². The van der Waals surface area contributed by atoms with E-state index in [2.05, 4.69) is 32.6 Å². The van der Waals surface area contributed by atoms with E-state index in [4.69, 9.17) is 15.3 Å². The van der Waals surface area contributed by atoms with Gasteiger partial charge in [-0.1, -0.05) is 6.92 Å². The Balaban J connectivity index is 1.91. The topological polar surface area (TPSA) is 116 Å². The van der Waals surface area contributed by atoms with Crippen LogP contribution in [0.15, 0.2) is 12.5 Å². The maximum absolute atomic E-state index is 9.98. The summed E-state index contributed by atoms with van der Waals surface area (Å²) >= 11 is 2.10. The first-order valence-corrected chi connectivity index (χ1v) is 7.56. The fourth-order valence-electron chi connectivity index (χ4n) is 2.35. The van der Waals surface area contributed by atoms with E-state index >= 15 is 0 Å². The molecule has 8 nitrogen and oxygen atoms in total. The third-order valence-electron chi connectivity index (χ3n) is 3.47. The monoisotopic (exact) mass is 406 g/mol. The molecule has 1 fully saturated rings. The summed E-state index contributed by atoms with van der Waals surface area (Å²) in [5, 5.41) is 20.5. The molecule has 4 atom stereocenters. The van der Waals surface area contributed by atoms with E-state index in [1.807, 2.05) is 6.92 Å². The Morgan fingerprint density at radius 2 is 2.19 bits per heavy atom. The van der Waals surface area contributed by atoms with E-state index in [0.717, 1.165) is 3.57 Å². The molecule has 0 aliphatic carbocycles. The van der Waals surface area contributed by atoms with E-state index in [1.54, 1.807) is 6.20 Å². The molecule has 2 aromatic rings. The summed E-state index contributed by atoms with van der Waals surface area (Å²) in [6.45, 7) is 1.87. The smallest absolute Gasteiger partial charge is 0.254 e. The summed E-state index contributed by atoms with van der Waals surface area (Å²) in [5.41, 5.74) is 6.31. The Bertz CT molecular complexity index is 664. The lowest BCUT2D eigenvalue weighted by Crippen LogP contribution is -2.37. The number of rotatable bonds is 3. The van der Waals surface area contributed by atoms with Crippen molar-refractivity contribution in [2.45, 2.75) is 37.9 Å². The maximum Gasteiger partial charge on any atom is 0.254 e. The molecule has 0 spiro atoms. The van der Waals surface area contributed by atoms with Gasteiger partial charge in [-0.15, -0.1) is 0 Å². The molecule has 0 saturated carbocycles. The minimum absolute atomic E-state index is 0.353. The van der Waals surface area contributed by atoms with Crippen LogP contribution in [0.5, 0.6) is 0 Å². The number of nitrogens with zero attached hydrogens (tertiary/aromatic N) is 3. The average Bonchev–Trinajstić information content (AvgIpc) is 2.92. The summed E-state index contributed by atoms with van der Waals surface area (Å²) < 4.78 is 7.71. The van der Waals surface area contributed by atoms with E-state index in [0.29, 0.717) is 23.3 Å². The number of halogens is 1. The van der Waals surface area contributed by atoms with Crippen molar-refractivity contribution in [1.29, 1.82) is 0 Å². The molecule has 3 heterocycles. The molecule has 0 aromatic carbocycles. The van der Waals surface area contributed by atoms with Crippen LogP contribution in [0.1, 0.15) is 13.3 Å². The van der Waals surface area contributed by atoms with E-state index in [-0.39, 0.29) is 0 Å². The number of anilines is 1. The second-order valence-corrected chi connectivity index (χ2v) is 5.96. The van der Waals surface area contributed by atoms with Gasteiger partial charge < -0.3 is 25.5 Å². The first kappa shape index (κ1) is 14.8. The minimum Gasteiger partial charge on any atom is -0.387 e. The van der Waals surface area contributed by atoms with Crippen molar-refractivity contribution in [3.05, 3.63) is 16.1 Å². The predicted octanol–water partition coefficient (Wildman–Crippen LogP) is -0.0966. The van der Waals surface area contributed by atoms with Gasteiger partial charge in [-0.3, -0.25) is 0 Å². The zero-order valence-electron chi connectivity index (χ0n) is 11.2. The zero-order chi connectivity index (χ0) is 15.1. The molecule has 114 valence electrons. The number of fused-ring (bicyclic) bond motifs is 1. The molecule has 0 unspecified atom stereocenters. The van der Waals surface area contributed by atoms with Crippen LogP contribution in [-0.4, -0.2) is 49.5 Å². The first-order chi connectivity index (χ1) is 10.0. The fourth-order valence-corrected chi connectivity index (χ4v) is 3.12. The highest BCUT2D eigenvalue weighted by molar-refractivity contribution is 14.1. The molecule has 1 aliphatic heterocycles. The Morgan fingerprint density at radius 1 is 1.43 bits per heavy atom. The van der Waals surface area contributed by atoms with Gasteiger partial charge >= 0.3 is 0 Å². The van der Waals surface area contributed by atoms with Crippen molar-refractivity contribution in [2.24, 2.45) is 0 Å². The predicted molar refractivity (Wildman–Crippen MR) is 82.2 cm³/mol. The van der Waals surface area contributed by atoms with Crippen molar-refractivity contribution in [3.63, 3.8) is 0 Å². The number of aromatic nitrogens is 3. The normalized spacial score (nSPS) is 29.1. The highest BCUT2D eigenvalue weighted by Gasteiger charge is 2.44. The van der Waals surface area contributed by atoms with Crippen LogP contribution < -0.4 is 10.6 Å². The van der Waals surface area contributed by atoms with Gasteiger partial charge in [-0.25, -0.2) is 9.97 Å². The fraction of sp³-hybridized carbons (Fsp3) is 0.500. The Labute approximate surface area is 134 Å². The molecular weight excluding hydrogens is 391 g/mol. The van der Waals surface area contributed by atoms with Crippen molar-refractivity contribution < 1.29 is 19.8 Å². The van der Waals surface area contributed by atoms with Crippen LogP contribution in [0.25, 0.3) is 11.0 Å². The molecule has 21 heavy (non-hydrogen) atoms. The Hall–Kier alpha value is -1.17. The lowest BCUT2D eigenvalue weighted by Gasteiger charge is -2.17. The molecule has 2 aromatic heterocycles. The molecule has 0 amide bonds. The summed E-state index contributed by atoms with van der Waals surface area (Å²) in [6, 6.07) is 0. The number of nitrogens with two attached hydrogens (primary N) is 1. The van der Waals surface area contributed by atoms with Crippen LogP contribution in [0, 0.1) is 3.57 Å². The number of aliphatic hydroxyl groups is 2. The molecule has 3 rings (SSSR count). The van der Waals surface area contributed by atoms with Crippen LogP contribution in [0.3, 0.4) is 0 Å². The molecule has 9 heteroatoms. The summed E-state index contributed by atoms with van der Waals surface area (Å²) in [6.07, 6.45) is 0.0845. The summed E-state index contributed by atoms with van der Waals surface area (Å²) in [4.78, 5) is 13.7. The minimum atomic E-state index is -1.12. The average molecular weight is 406 g/mol. The molecule has 0 bridgehead atoms. The van der Waals surface area contributed by atoms with Crippen LogP contribution in [0.2, 0.25) is 0 Å². The first-order valence-electron chi connectivity index (χ1n) is 6.48. The number of hydrogen-bond acceptors (Lipinski definition) is 7. The van der Waals surface area contributed by atoms with Crippen LogP contribution >= 0.6 is 22.6 Å². The quantitative estimate of drug-likeness (QED) is 0.610. The largest absolute Gasteiger partial charge is 0.387 e. The Kier molecular flexibility index (Phi) is 3.90. The lowest BCUT2D eigenvalue weighted by atomic mass is 10.1. The third-order valence-corrected chi connectivity index (χ3v) is 4.29. The number of aliphatic hydroxyl groups excluding tert-OH is 2. The van der Waals surface area contributed by atoms with Crippen LogP contribution in [0.4, 0.5) is 5.82 Å². The van der Waals surface area contributed by atoms with Gasteiger partial charge in [0.1, 0.15) is 24.4 Å². The highest BCUT2D eigenvalue weighted by atomic mass is 127. The molecule has 1 aliphatic rings. The summed E-state index contributed by atoms with van der Waals surface area (Å²) in [5.74, 6) is 0.353. The molecular formula is C12H15IN4O4. The zero-order valence-corrected chi connectivity index (χ0v) is 13.3. The second kappa shape index (κ2) is 5.55. The van der Waals surface area contributed by atoms with Crippen molar-refractivity contribution in [1.82, 2.24) is 14.7 Å². The maximum atomic E-state index is 9.98. The van der Waals surface area contributed by atoms with Crippen LogP contribution in [-0.2, 0) is 4.74 Å². The number of nitrogen functional groups attached to an aromatic ring is 1. The van der Waals surface area contributed by atoms with Gasteiger partial charge in [0.2, 0.25) is 0 Å². The number of hydrogen-bond donors (Lipinski definition) is 3. The second-order valence-electron chi connectivity index (χ2n) is 4.80. The SMILES string of the molecule is CC[C@H]1O[C@@H](On2cc(I)c3c(N)ncnc32)[C@H](O)[C@@H]1O. The van der Waals surface area contributed by atoms with Gasteiger partial charge in [0.25, 0.3) is 6.29 Å². The van der Waals surface area contributed by atoms with Gasteiger partial charge in [-0.2, -0.15) is 4.73 Å². The lowest BCUT2D eigenvalue weighted by molar-refractivity contribution is -0.165. The third kappa shape index (κ3) is 2.43. The van der Waals surface area contributed by atoms with Crippen molar-refractivity contribution >= 4 is 39.4 Å². The van der Waals surface area contributed by atoms with Gasteiger partial charge in [-0.05, 0) is 29.0 Å². The number of ether oxygens (including phenoxy) is 1. The standard InChI is InChI=1S/C12H15IN4O4/c1-2-6-8(18)9(19)12(20-6)21-17-3-5(13)7-10(14)15-4-16-11(7)17/h3-4,6,8-9,12,18-19H,2H2,1H3,(H2,14,15,16)/t6-,8-,9-,12+/m1/s1. The van der Waals surface area contributed by atoms with E-state index in [1.165, 1.54) is 11.1 Å². The van der Waals surface area contributed by atoms with E-state index < -0.39 is 24.6 Å². The Morgan fingerprint density at radius 3 is 2.86 bits per heavy atom. The van der Waals surface area contributed by atoms with Gasteiger partial charge in [0.15, 0.2) is 5.65 Å². The molecule has 0 radical (unpaired) electrons. The molecule has 4 N–H and O–H groups in total. The van der Waals surface area contributed by atoms with Crippen molar-refractivity contribution in [2.75, 3.05) is 5.73 Å². The molecule has 1 saturated heterocycles.